The molecule has 1 N–H and O–H groups in total. The van der Waals surface area contributed by atoms with Crippen LogP contribution in [0.25, 0.3) is 0 Å². The fourth-order valence-corrected chi connectivity index (χ4v) is 3.83. The number of non-ortho nitro benzene ring substituents is 1. The van der Waals surface area contributed by atoms with Gasteiger partial charge < -0.3 is 5.32 Å². The monoisotopic (exact) mass is 307 g/mol. The van der Waals surface area contributed by atoms with Crippen molar-refractivity contribution in [3.8, 4) is 0 Å². The average Bonchev–Trinajstić information content (AvgIpc) is 3.04. The number of anilines is 1. The summed E-state index contributed by atoms with van der Waals surface area (Å²) in [6.07, 6.45) is 7.13. The first-order valence-electron chi connectivity index (χ1n) is 7.78. The van der Waals surface area contributed by atoms with Crippen LogP contribution in [0.15, 0.2) is 48.7 Å². The topological polar surface area (TPSA) is 68.1 Å². The number of aromatic nitrogens is 1. The highest BCUT2D eigenvalue weighted by Gasteiger charge is 2.39. The summed E-state index contributed by atoms with van der Waals surface area (Å²) in [5.41, 5.74) is 4.14. The van der Waals surface area contributed by atoms with Crippen LogP contribution in [-0.2, 0) is 0 Å². The van der Waals surface area contributed by atoms with Crippen LogP contribution in [0.2, 0.25) is 0 Å². The van der Waals surface area contributed by atoms with E-state index in [2.05, 4.69) is 22.5 Å². The summed E-state index contributed by atoms with van der Waals surface area (Å²) in [4.78, 5) is 15.4. The third-order valence-corrected chi connectivity index (χ3v) is 4.87. The van der Waals surface area contributed by atoms with Gasteiger partial charge >= 0.3 is 0 Å². The lowest BCUT2D eigenvalue weighted by Gasteiger charge is -2.37. The summed E-state index contributed by atoms with van der Waals surface area (Å²) < 4.78 is 0. The molecule has 2 aromatic rings. The minimum atomic E-state index is -0.314. The maximum atomic E-state index is 11.2. The molecule has 0 saturated heterocycles. The van der Waals surface area contributed by atoms with Crippen LogP contribution in [-0.4, -0.2) is 9.91 Å². The van der Waals surface area contributed by atoms with Crippen molar-refractivity contribution in [1.29, 1.82) is 0 Å². The largest absolute Gasteiger partial charge is 0.376 e. The Morgan fingerprint density at radius 2 is 2.22 bits per heavy atom. The zero-order valence-electron chi connectivity index (χ0n) is 12.8. The van der Waals surface area contributed by atoms with Crippen LogP contribution in [0.1, 0.15) is 35.2 Å². The van der Waals surface area contributed by atoms with Crippen LogP contribution in [0.5, 0.6) is 0 Å². The van der Waals surface area contributed by atoms with Crippen molar-refractivity contribution in [2.24, 2.45) is 5.92 Å². The smallest absolute Gasteiger partial charge is 0.270 e. The van der Waals surface area contributed by atoms with E-state index in [4.69, 9.17) is 0 Å². The zero-order chi connectivity index (χ0) is 16.0. The summed E-state index contributed by atoms with van der Waals surface area (Å²) in [6, 6.07) is 9.44. The van der Waals surface area contributed by atoms with E-state index < -0.39 is 0 Å². The number of hydrogen-bond acceptors (Lipinski definition) is 4. The van der Waals surface area contributed by atoms with Crippen molar-refractivity contribution < 1.29 is 4.92 Å². The van der Waals surface area contributed by atoms with E-state index in [9.17, 15) is 10.1 Å². The van der Waals surface area contributed by atoms with Gasteiger partial charge in [-0.2, -0.15) is 0 Å². The van der Waals surface area contributed by atoms with Gasteiger partial charge in [0.15, 0.2) is 0 Å². The van der Waals surface area contributed by atoms with Gasteiger partial charge in [-0.1, -0.05) is 18.2 Å². The zero-order valence-corrected chi connectivity index (χ0v) is 12.8. The van der Waals surface area contributed by atoms with Gasteiger partial charge in [0, 0.05) is 29.9 Å². The van der Waals surface area contributed by atoms with E-state index in [1.165, 1.54) is 0 Å². The standard InChI is InChI=1S/C18H17N3O2/c1-11-9-12(21(22)23)10-15-13-5-4-6-14(13)18(20-17(11)15)16-7-2-3-8-19-16/h2-5,7-10,13-14,18,20H,6H2,1H3/t13-,14-,18+/m0/s1. The van der Waals surface area contributed by atoms with Gasteiger partial charge in [0.2, 0.25) is 0 Å². The van der Waals surface area contributed by atoms with Gasteiger partial charge in [-0.15, -0.1) is 0 Å². The predicted molar refractivity (Wildman–Crippen MR) is 88.4 cm³/mol. The van der Waals surface area contributed by atoms with E-state index in [0.717, 1.165) is 28.9 Å². The summed E-state index contributed by atoms with van der Waals surface area (Å²) >= 11 is 0. The second-order valence-electron chi connectivity index (χ2n) is 6.21. The fourth-order valence-electron chi connectivity index (χ4n) is 3.83. The minimum absolute atomic E-state index is 0.129. The molecule has 0 fully saturated rings. The molecule has 1 aliphatic heterocycles. The normalized spacial score (nSPS) is 24.7. The highest BCUT2D eigenvalue weighted by atomic mass is 16.6. The van der Waals surface area contributed by atoms with Crippen LogP contribution >= 0.6 is 0 Å². The Hall–Kier alpha value is -2.69. The number of nitrogens with zero attached hydrogens (tertiary/aromatic N) is 2. The van der Waals surface area contributed by atoms with E-state index in [1.807, 2.05) is 31.3 Å². The lowest BCUT2D eigenvalue weighted by Crippen LogP contribution is -2.30. The van der Waals surface area contributed by atoms with Gasteiger partial charge in [0.25, 0.3) is 5.69 Å². The Kier molecular flexibility index (Phi) is 3.15. The number of nitrogens with one attached hydrogen (secondary N) is 1. The Bertz CT molecular complexity index is 801. The molecule has 1 aromatic carbocycles. The maximum Gasteiger partial charge on any atom is 0.270 e. The van der Waals surface area contributed by atoms with Crippen LogP contribution in [0, 0.1) is 23.0 Å². The summed E-state index contributed by atoms with van der Waals surface area (Å²) in [7, 11) is 0. The molecule has 23 heavy (non-hydrogen) atoms. The van der Waals surface area contributed by atoms with Gasteiger partial charge in [0.05, 0.1) is 16.7 Å². The van der Waals surface area contributed by atoms with Crippen molar-refractivity contribution in [3.05, 3.63) is 75.6 Å². The minimum Gasteiger partial charge on any atom is -0.376 e. The molecule has 5 heteroatoms. The first-order valence-corrected chi connectivity index (χ1v) is 7.78. The fraction of sp³-hybridized carbons (Fsp3) is 0.278. The van der Waals surface area contributed by atoms with E-state index in [0.29, 0.717) is 5.92 Å². The SMILES string of the molecule is Cc1cc([N+](=O)[O-])cc2c1N[C@@H](c1ccccn1)[C@H]1CC=C[C@H]21. The van der Waals surface area contributed by atoms with Crippen molar-refractivity contribution >= 4 is 11.4 Å². The lowest BCUT2D eigenvalue weighted by atomic mass is 9.77. The highest BCUT2D eigenvalue weighted by Crippen LogP contribution is 2.51. The maximum absolute atomic E-state index is 11.2. The summed E-state index contributed by atoms with van der Waals surface area (Å²) in [5, 5.41) is 14.8. The number of benzene rings is 1. The van der Waals surface area contributed by atoms with Crippen LogP contribution in [0.4, 0.5) is 11.4 Å². The number of fused-ring (bicyclic) bond motifs is 3. The molecule has 5 nitrogen and oxygen atoms in total. The molecule has 116 valence electrons. The second-order valence-corrected chi connectivity index (χ2v) is 6.21. The van der Waals surface area contributed by atoms with E-state index >= 15 is 0 Å². The molecule has 2 heterocycles. The van der Waals surface area contributed by atoms with Crippen molar-refractivity contribution in [1.82, 2.24) is 4.98 Å². The van der Waals surface area contributed by atoms with Gasteiger partial charge in [-0.05, 0) is 42.5 Å². The van der Waals surface area contributed by atoms with Crippen molar-refractivity contribution in [2.45, 2.75) is 25.3 Å². The second kappa shape index (κ2) is 5.19. The predicted octanol–water partition coefficient (Wildman–Crippen LogP) is 4.12. The van der Waals surface area contributed by atoms with Crippen molar-refractivity contribution in [2.75, 3.05) is 5.32 Å². The molecular formula is C18H17N3O2. The average molecular weight is 307 g/mol. The molecular weight excluding hydrogens is 290 g/mol. The molecule has 0 saturated carbocycles. The van der Waals surface area contributed by atoms with E-state index in [-0.39, 0.29) is 22.6 Å². The number of hydrogen-bond donors (Lipinski definition) is 1. The van der Waals surface area contributed by atoms with E-state index in [1.54, 1.807) is 12.1 Å². The first-order chi connectivity index (χ1) is 11.1. The molecule has 0 amide bonds. The Balaban J connectivity index is 1.84. The number of pyridine rings is 1. The molecule has 1 aromatic heterocycles. The summed E-state index contributed by atoms with van der Waals surface area (Å²) in [5.74, 6) is 0.552. The Morgan fingerprint density at radius 1 is 1.35 bits per heavy atom. The molecule has 2 aliphatic rings. The quantitative estimate of drug-likeness (QED) is 0.514. The molecule has 0 radical (unpaired) electrons. The van der Waals surface area contributed by atoms with Gasteiger partial charge in [-0.3, -0.25) is 15.1 Å². The molecule has 0 spiro atoms. The third-order valence-electron chi connectivity index (χ3n) is 4.87. The number of aryl methyl sites for hydroxylation is 1. The van der Waals surface area contributed by atoms with Crippen LogP contribution in [0.3, 0.4) is 0 Å². The number of nitro groups is 1. The Morgan fingerprint density at radius 3 is 2.96 bits per heavy atom. The number of nitro benzene ring substituents is 1. The molecule has 0 unspecified atom stereocenters. The van der Waals surface area contributed by atoms with Gasteiger partial charge in [0.1, 0.15) is 0 Å². The Labute approximate surface area is 134 Å². The van der Waals surface area contributed by atoms with Gasteiger partial charge in [-0.25, -0.2) is 0 Å². The first kappa shape index (κ1) is 13.9. The number of rotatable bonds is 2. The molecule has 4 rings (SSSR count). The molecule has 0 bridgehead atoms. The van der Waals surface area contributed by atoms with Crippen molar-refractivity contribution in [3.63, 3.8) is 0 Å². The summed E-state index contributed by atoms with van der Waals surface area (Å²) in [6.45, 7) is 1.92. The molecule has 1 aliphatic carbocycles. The third kappa shape index (κ3) is 2.20. The highest BCUT2D eigenvalue weighted by molar-refractivity contribution is 5.67. The molecule has 3 atom stereocenters. The lowest BCUT2D eigenvalue weighted by molar-refractivity contribution is -0.385. The van der Waals surface area contributed by atoms with Crippen LogP contribution < -0.4 is 5.32 Å². The number of allylic oxidation sites excluding steroid dienone is 2.